The second-order valence-electron chi connectivity index (χ2n) is 6.01. The molecular formula is C18H23N5. The molecule has 5 nitrogen and oxygen atoms in total. The van der Waals surface area contributed by atoms with Gasteiger partial charge in [-0.1, -0.05) is 13.0 Å². The third kappa shape index (κ3) is 3.13. The standard InChI is InChI=1S/C18H23N5/c1-5-13(3)21-16-10-12(2)6-7-14(16)22-18-17-15(19-11-20-18)8-9-23(17)4/h6-11,13,21H,5H2,1-4H3,(H,19,20,22). The van der Waals surface area contributed by atoms with Crippen molar-refractivity contribution in [2.75, 3.05) is 10.6 Å². The topological polar surface area (TPSA) is 54.8 Å². The molecule has 0 fully saturated rings. The number of hydrogen-bond acceptors (Lipinski definition) is 4. The van der Waals surface area contributed by atoms with Crippen molar-refractivity contribution in [3.63, 3.8) is 0 Å². The summed E-state index contributed by atoms with van der Waals surface area (Å²) in [6, 6.07) is 8.77. The number of benzene rings is 1. The summed E-state index contributed by atoms with van der Waals surface area (Å²) in [5.74, 6) is 0.818. The summed E-state index contributed by atoms with van der Waals surface area (Å²) in [5, 5.41) is 7.03. The number of nitrogens with zero attached hydrogens (tertiary/aromatic N) is 3. The lowest BCUT2D eigenvalue weighted by molar-refractivity contribution is 0.764. The smallest absolute Gasteiger partial charge is 0.158 e. The Kier molecular flexibility index (Phi) is 4.19. The Bertz CT molecular complexity index is 821. The van der Waals surface area contributed by atoms with E-state index >= 15 is 0 Å². The summed E-state index contributed by atoms with van der Waals surface area (Å²) >= 11 is 0. The minimum atomic E-state index is 0.415. The molecule has 23 heavy (non-hydrogen) atoms. The molecule has 120 valence electrons. The number of hydrogen-bond donors (Lipinski definition) is 2. The average Bonchev–Trinajstić information content (AvgIpc) is 2.92. The number of aryl methyl sites for hydroxylation is 2. The second-order valence-corrected chi connectivity index (χ2v) is 6.01. The predicted molar refractivity (Wildman–Crippen MR) is 96.3 cm³/mol. The van der Waals surface area contributed by atoms with Crippen molar-refractivity contribution in [1.29, 1.82) is 0 Å². The van der Waals surface area contributed by atoms with Gasteiger partial charge in [0.1, 0.15) is 11.8 Å². The van der Waals surface area contributed by atoms with Crippen LogP contribution in [0.4, 0.5) is 17.2 Å². The van der Waals surface area contributed by atoms with Crippen molar-refractivity contribution < 1.29 is 0 Å². The van der Waals surface area contributed by atoms with Crippen LogP contribution in [-0.4, -0.2) is 20.6 Å². The molecule has 2 aromatic heterocycles. The molecule has 0 spiro atoms. The molecule has 3 aromatic rings. The molecule has 0 bridgehead atoms. The molecule has 2 heterocycles. The van der Waals surface area contributed by atoms with Crippen LogP contribution in [0.15, 0.2) is 36.8 Å². The molecule has 1 aromatic carbocycles. The maximum Gasteiger partial charge on any atom is 0.158 e. The number of fused-ring (bicyclic) bond motifs is 1. The van der Waals surface area contributed by atoms with E-state index in [1.165, 1.54) is 5.56 Å². The summed E-state index contributed by atoms with van der Waals surface area (Å²) in [7, 11) is 2.00. The largest absolute Gasteiger partial charge is 0.381 e. The van der Waals surface area contributed by atoms with Gasteiger partial charge in [-0.3, -0.25) is 0 Å². The van der Waals surface area contributed by atoms with Crippen molar-refractivity contribution >= 4 is 28.2 Å². The lowest BCUT2D eigenvalue weighted by Gasteiger charge is -2.18. The SMILES string of the molecule is CCC(C)Nc1cc(C)ccc1Nc1ncnc2ccn(C)c12. The zero-order valence-electron chi connectivity index (χ0n) is 14.1. The molecule has 0 aliphatic heterocycles. The highest BCUT2D eigenvalue weighted by atomic mass is 15.1. The Morgan fingerprint density at radius 1 is 1.17 bits per heavy atom. The molecule has 0 saturated heterocycles. The van der Waals surface area contributed by atoms with Crippen LogP contribution in [0.5, 0.6) is 0 Å². The number of aromatic nitrogens is 3. The molecule has 0 aliphatic rings. The number of nitrogens with one attached hydrogen (secondary N) is 2. The van der Waals surface area contributed by atoms with Gasteiger partial charge in [0, 0.05) is 19.3 Å². The maximum absolute atomic E-state index is 4.43. The minimum absolute atomic E-state index is 0.415. The fraction of sp³-hybridized carbons (Fsp3) is 0.333. The third-order valence-corrected chi connectivity index (χ3v) is 4.10. The summed E-state index contributed by atoms with van der Waals surface area (Å²) in [4.78, 5) is 8.74. The fourth-order valence-corrected chi connectivity index (χ4v) is 2.59. The molecular weight excluding hydrogens is 286 g/mol. The Balaban J connectivity index is 2.00. The number of anilines is 3. The molecule has 3 rings (SSSR count). The average molecular weight is 309 g/mol. The van der Waals surface area contributed by atoms with Gasteiger partial charge in [-0.15, -0.1) is 0 Å². The Hall–Kier alpha value is -2.56. The van der Waals surface area contributed by atoms with Gasteiger partial charge < -0.3 is 15.2 Å². The van der Waals surface area contributed by atoms with Crippen molar-refractivity contribution in [3.8, 4) is 0 Å². The van der Waals surface area contributed by atoms with E-state index in [0.29, 0.717) is 6.04 Å². The Labute approximate surface area is 136 Å². The van der Waals surface area contributed by atoms with E-state index in [1.54, 1.807) is 6.33 Å². The fourth-order valence-electron chi connectivity index (χ4n) is 2.59. The van der Waals surface area contributed by atoms with E-state index < -0.39 is 0 Å². The Morgan fingerprint density at radius 2 is 2.00 bits per heavy atom. The van der Waals surface area contributed by atoms with Gasteiger partial charge in [0.15, 0.2) is 5.82 Å². The van der Waals surface area contributed by atoms with Gasteiger partial charge in [-0.2, -0.15) is 0 Å². The first kappa shape index (κ1) is 15.3. The Morgan fingerprint density at radius 3 is 2.78 bits per heavy atom. The highest BCUT2D eigenvalue weighted by Gasteiger charge is 2.11. The first-order chi connectivity index (χ1) is 11.1. The monoisotopic (exact) mass is 309 g/mol. The summed E-state index contributed by atoms with van der Waals surface area (Å²) in [6.45, 7) is 6.47. The van der Waals surface area contributed by atoms with E-state index in [9.17, 15) is 0 Å². The van der Waals surface area contributed by atoms with E-state index in [0.717, 1.165) is 34.6 Å². The summed E-state index contributed by atoms with van der Waals surface area (Å²) in [6.07, 6.45) is 4.67. The van der Waals surface area contributed by atoms with Crippen LogP contribution in [0.1, 0.15) is 25.8 Å². The van der Waals surface area contributed by atoms with E-state index in [-0.39, 0.29) is 0 Å². The van der Waals surface area contributed by atoms with Gasteiger partial charge in [0.2, 0.25) is 0 Å². The third-order valence-electron chi connectivity index (χ3n) is 4.10. The molecule has 2 N–H and O–H groups in total. The van der Waals surface area contributed by atoms with Crippen molar-refractivity contribution in [3.05, 3.63) is 42.4 Å². The second kappa shape index (κ2) is 6.28. The van der Waals surface area contributed by atoms with Crippen molar-refractivity contribution in [1.82, 2.24) is 14.5 Å². The molecule has 0 saturated carbocycles. The van der Waals surface area contributed by atoms with Gasteiger partial charge in [0.05, 0.1) is 16.9 Å². The lowest BCUT2D eigenvalue weighted by atomic mass is 10.1. The van der Waals surface area contributed by atoms with Crippen LogP contribution in [0.2, 0.25) is 0 Å². The molecule has 1 atom stereocenters. The highest BCUT2D eigenvalue weighted by molar-refractivity contribution is 5.89. The van der Waals surface area contributed by atoms with Crippen molar-refractivity contribution in [2.24, 2.45) is 7.05 Å². The van der Waals surface area contributed by atoms with Crippen molar-refractivity contribution in [2.45, 2.75) is 33.2 Å². The van der Waals surface area contributed by atoms with Crippen LogP contribution in [0.25, 0.3) is 11.0 Å². The predicted octanol–water partition coefficient (Wildman–Crippen LogP) is 4.23. The van der Waals surface area contributed by atoms with Crippen LogP contribution in [0.3, 0.4) is 0 Å². The molecule has 5 heteroatoms. The van der Waals surface area contributed by atoms with Gasteiger partial charge in [0.25, 0.3) is 0 Å². The normalized spacial score (nSPS) is 12.3. The maximum atomic E-state index is 4.43. The quantitative estimate of drug-likeness (QED) is 0.740. The molecule has 1 unspecified atom stereocenters. The van der Waals surface area contributed by atoms with Gasteiger partial charge >= 0.3 is 0 Å². The van der Waals surface area contributed by atoms with Crippen LogP contribution < -0.4 is 10.6 Å². The van der Waals surface area contributed by atoms with Crippen LogP contribution >= 0.6 is 0 Å². The van der Waals surface area contributed by atoms with E-state index in [1.807, 2.05) is 23.9 Å². The van der Waals surface area contributed by atoms with Crippen LogP contribution in [0, 0.1) is 6.92 Å². The minimum Gasteiger partial charge on any atom is -0.381 e. The van der Waals surface area contributed by atoms with E-state index in [2.05, 4.69) is 59.6 Å². The van der Waals surface area contributed by atoms with Crippen LogP contribution in [-0.2, 0) is 7.05 Å². The summed E-state index contributed by atoms with van der Waals surface area (Å²) in [5.41, 5.74) is 5.29. The zero-order chi connectivity index (χ0) is 16.4. The first-order valence-electron chi connectivity index (χ1n) is 7.98. The summed E-state index contributed by atoms with van der Waals surface area (Å²) < 4.78 is 2.04. The van der Waals surface area contributed by atoms with Gasteiger partial charge in [-0.25, -0.2) is 9.97 Å². The number of rotatable bonds is 5. The van der Waals surface area contributed by atoms with Gasteiger partial charge in [-0.05, 0) is 44.0 Å². The molecule has 0 amide bonds. The molecule has 0 aliphatic carbocycles. The van der Waals surface area contributed by atoms with E-state index in [4.69, 9.17) is 0 Å². The lowest BCUT2D eigenvalue weighted by Crippen LogP contribution is -2.14. The zero-order valence-corrected chi connectivity index (χ0v) is 14.1. The highest BCUT2D eigenvalue weighted by Crippen LogP contribution is 2.29. The first-order valence-corrected chi connectivity index (χ1v) is 7.98. The molecule has 0 radical (unpaired) electrons.